The summed E-state index contributed by atoms with van der Waals surface area (Å²) in [5.41, 5.74) is 1.15. The van der Waals surface area contributed by atoms with Gasteiger partial charge in [0, 0.05) is 25.1 Å². The predicted molar refractivity (Wildman–Crippen MR) is 134 cm³/mol. The smallest absolute Gasteiger partial charge is 0.409 e. The van der Waals surface area contributed by atoms with Crippen molar-refractivity contribution in [1.82, 2.24) is 9.88 Å². The first-order valence-electron chi connectivity index (χ1n) is 12.3. The number of ether oxygens (including phenoxy) is 2. The molecule has 1 aliphatic rings. The molecular formula is C28H34N2O5. The molecule has 0 bridgehead atoms. The van der Waals surface area contributed by atoms with E-state index in [-0.39, 0.29) is 24.6 Å². The molecule has 186 valence electrons. The van der Waals surface area contributed by atoms with Crippen molar-refractivity contribution in [2.45, 2.75) is 47.0 Å². The third kappa shape index (κ3) is 5.50. The van der Waals surface area contributed by atoms with Gasteiger partial charge in [-0.1, -0.05) is 30.3 Å². The molecule has 1 amide bonds. The van der Waals surface area contributed by atoms with Gasteiger partial charge in [0.15, 0.2) is 0 Å². The van der Waals surface area contributed by atoms with Crippen molar-refractivity contribution in [3.05, 3.63) is 53.9 Å². The summed E-state index contributed by atoms with van der Waals surface area (Å²) in [6.07, 6.45) is 1.66. The summed E-state index contributed by atoms with van der Waals surface area (Å²) in [4.78, 5) is 31.2. The highest BCUT2D eigenvalue weighted by Gasteiger charge is 2.40. The van der Waals surface area contributed by atoms with Gasteiger partial charge in [-0.15, -0.1) is 0 Å². The molecule has 35 heavy (non-hydrogen) atoms. The lowest BCUT2D eigenvalue weighted by molar-refractivity contribution is -0.157. The number of oxazole rings is 1. The number of benzene rings is 2. The van der Waals surface area contributed by atoms with Gasteiger partial charge in [-0.3, -0.25) is 4.79 Å². The third-order valence-corrected chi connectivity index (χ3v) is 7.03. The first kappa shape index (κ1) is 24.8. The molecule has 0 radical (unpaired) electrons. The van der Waals surface area contributed by atoms with Gasteiger partial charge >= 0.3 is 12.1 Å². The standard InChI is InChI=1S/C28H34N2O5/c1-5-33-26(31)28(3,4)23-12-15-30(16-13-23)27(32)34-17-14-24-19(2)35-25(29-24)22-11-10-20-8-6-7-9-21(20)18-22/h6-11,18,23H,5,12-17H2,1-4H3. The summed E-state index contributed by atoms with van der Waals surface area (Å²) < 4.78 is 16.7. The van der Waals surface area contributed by atoms with Gasteiger partial charge < -0.3 is 18.8 Å². The van der Waals surface area contributed by atoms with Crippen LogP contribution in [0.1, 0.15) is 45.1 Å². The van der Waals surface area contributed by atoms with E-state index in [2.05, 4.69) is 29.2 Å². The zero-order valence-corrected chi connectivity index (χ0v) is 21.0. The molecule has 1 aliphatic heterocycles. The average Bonchev–Trinajstić information content (AvgIpc) is 3.24. The SMILES string of the molecule is CCOC(=O)C(C)(C)C1CCN(C(=O)OCCc2nc(-c3ccc4ccccc4c3)oc2C)CC1. The fourth-order valence-electron chi connectivity index (χ4n) is 4.70. The van der Waals surface area contributed by atoms with Crippen LogP contribution in [0.5, 0.6) is 0 Å². The Balaban J connectivity index is 1.28. The Kier molecular flexibility index (Phi) is 7.43. The van der Waals surface area contributed by atoms with E-state index >= 15 is 0 Å². The number of piperidine rings is 1. The van der Waals surface area contributed by atoms with Crippen LogP contribution >= 0.6 is 0 Å². The van der Waals surface area contributed by atoms with Crippen molar-refractivity contribution in [3.63, 3.8) is 0 Å². The van der Waals surface area contributed by atoms with Crippen molar-refractivity contribution >= 4 is 22.8 Å². The normalized spacial score (nSPS) is 14.8. The maximum absolute atomic E-state index is 12.6. The van der Waals surface area contributed by atoms with Gasteiger partial charge in [-0.05, 0) is 69.4 Å². The number of hydrogen-bond donors (Lipinski definition) is 0. The van der Waals surface area contributed by atoms with Crippen LogP contribution in [0.25, 0.3) is 22.2 Å². The van der Waals surface area contributed by atoms with E-state index in [1.54, 1.807) is 4.90 Å². The van der Waals surface area contributed by atoms with Crippen LogP contribution in [0.2, 0.25) is 0 Å². The Bertz CT molecular complexity index is 1190. The molecule has 0 spiro atoms. The van der Waals surface area contributed by atoms with Crippen molar-refractivity contribution in [3.8, 4) is 11.5 Å². The lowest BCUT2D eigenvalue weighted by atomic mass is 9.73. The van der Waals surface area contributed by atoms with Gasteiger partial charge in [0.05, 0.1) is 24.3 Å². The number of aryl methyl sites for hydroxylation is 1. The Labute approximate surface area is 206 Å². The van der Waals surface area contributed by atoms with Crippen LogP contribution in [0.3, 0.4) is 0 Å². The molecule has 1 aromatic heterocycles. The Morgan fingerprint density at radius 3 is 2.51 bits per heavy atom. The number of rotatable bonds is 7. The lowest BCUT2D eigenvalue weighted by Crippen LogP contribution is -2.45. The van der Waals surface area contributed by atoms with E-state index in [0.717, 1.165) is 35.2 Å². The monoisotopic (exact) mass is 478 g/mol. The number of hydrogen-bond acceptors (Lipinski definition) is 6. The molecule has 0 N–H and O–H groups in total. The van der Waals surface area contributed by atoms with E-state index in [4.69, 9.17) is 13.9 Å². The summed E-state index contributed by atoms with van der Waals surface area (Å²) in [6.45, 7) is 9.30. The van der Waals surface area contributed by atoms with E-state index in [9.17, 15) is 9.59 Å². The Hall–Kier alpha value is -3.35. The van der Waals surface area contributed by atoms with Gasteiger partial charge in [0.2, 0.25) is 5.89 Å². The summed E-state index contributed by atoms with van der Waals surface area (Å²) in [5.74, 6) is 1.30. The Morgan fingerprint density at radius 2 is 1.80 bits per heavy atom. The summed E-state index contributed by atoms with van der Waals surface area (Å²) in [6, 6.07) is 14.3. The molecular weight excluding hydrogens is 444 g/mol. The number of nitrogens with zero attached hydrogens (tertiary/aromatic N) is 2. The number of likely N-dealkylation sites (tertiary alicyclic amines) is 1. The van der Waals surface area contributed by atoms with Crippen LogP contribution in [-0.2, 0) is 20.7 Å². The second kappa shape index (κ2) is 10.5. The summed E-state index contributed by atoms with van der Waals surface area (Å²) in [5, 5.41) is 2.30. The fourth-order valence-corrected chi connectivity index (χ4v) is 4.70. The molecule has 2 aromatic carbocycles. The highest BCUT2D eigenvalue weighted by molar-refractivity contribution is 5.86. The highest BCUT2D eigenvalue weighted by Crippen LogP contribution is 2.36. The molecule has 4 rings (SSSR count). The van der Waals surface area contributed by atoms with Gasteiger partial charge in [0.1, 0.15) is 5.76 Å². The van der Waals surface area contributed by atoms with Crippen molar-refractivity contribution in [1.29, 1.82) is 0 Å². The first-order chi connectivity index (χ1) is 16.8. The maximum Gasteiger partial charge on any atom is 0.409 e. The molecule has 1 saturated heterocycles. The number of esters is 1. The number of carbonyl (C=O) groups is 2. The molecule has 1 fully saturated rings. The zero-order chi connectivity index (χ0) is 25.0. The van der Waals surface area contributed by atoms with Crippen molar-refractivity contribution in [2.75, 3.05) is 26.3 Å². The lowest BCUT2D eigenvalue weighted by Gasteiger charge is -2.38. The minimum Gasteiger partial charge on any atom is -0.466 e. The second-order valence-corrected chi connectivity index (χ2v) is 9.65. The van der Waals surface area contributed by atoms with Crippen LogP contribution in [0, 0.1) is 18.3 Å². The predicted octanol–water partition coefficient (Wildman–Crippen LogP) is 5.78. The number of carbonyl (C=O) groups excluding carboxylic acids is 2. The summed E-state index contributed by atoms with van der Waals surface area (Å²) in [7, 11) is 0. The molecule has 0 unspecified atom stereocenters. The third-order valence-electron chi connectivity index (χ3n) is 7.03. The average molecular weight is 479 g/mol. The van der Waals surface area contributed by atoms with Crippen molar-refractivity contribution in [2.24, 2.45) is 11.3 Å². The van der Waals surface area contributed by atoms with Gasteiger partial charge in [-0.2, -0.15) is 0 Å². The van der Waals surface area contributed by atoms with Crippen LogP contribution in [0.4, 0.5) is 4.79 Å². The molecule has 2 heterocycles. The van der Waals surface area contributed by atoms with Gasteiger partial charge in [0.25, 0.3) is 0 Å². The number of amides is 1. The minimum atomic E-state index is -0.556. The van der Waals surface area contributed by atoms with Crippen LogP contribution in [0.15, 0.2) is 46.9 Å². The maximum atomic E-state index is 12.6. The van der Waals surface area contributed by atoms with E-state index < -0.39 is 5.41 Å². The highest BCUT2D eigenvalue weighted by atomic mass is 16.6. The van der Waals surface area contributed by atoms with Crippen molar-refractivity contribution < 1.29 is 23.5 Å². The fraction of sp³-hybridized carbons (Fsp3) is 0.464. The molecule has 0 atom stereocenters. The number of fused-ring (bicyclic) bond motifs is 1. The van der Waals surface area contributed by atoms with E-state index in [0.29, 0.717) is 32.0 Å². The molecule has 7 nitrogen and oxygen atoms in total. The molecule has 7 heteroatoms. The zero-order valence-electron chi connectivity index (χ0n) is 21.0. The molecule has 3 aromatic rings. The van der Waals surface area contributed by atoms with Crippen LogP contribution < -0.4 is 0 Å². The quantitative estimate of drug-likeness (QED) is 0.400. The summed E-state index contributed by atoms with van der Waals surface area (Å²) >= 11 is 0. The van der Waals surface area contributed by atoms with E-state index in [1.807, 2.05) is 45.9 Å². The largest absolute Gasteiger partial charge is 0.466 e. The minimum absolute atomic E-state index is 0.174. The first-order valence-corrected chi connectivity index (χ1v) is 12.3. The molecule has 0 aliphatic carbocycles. The van der Waals surface area contributed by atoms with E-state index in [1.165, 1.54) is 5.39 Å². The topological polar surface area (TPSA) is 81.9 Å². The van der Waals surface area contributed by atoms with Gasteiger partial charge in [-0.25, -0.2) is 9.78 Å². The van der Waals surface area contributed by atoms with Crippen LogP contribution in [-0.4, -0.2) is 48.2 Å². The Morgan fingerprint density at radius 1 is 1.09 bits per heavy atom. The number of aromatic nitrogens is 1. The molecule has 0 saturated carbocycles. The second-order valence-electron chi connectivity index (χ2n) is 9.65.